The van der Waals surface area contributed by atoms with Crippen LogP contribution in [0.5, 0.6) is 5.75 Å². The number of nitrogens with one attached hydrogen (secondary N) is 1. The van der Waals surface area contributed by atoms with Gasteiger partial charge in [-0.15, -0.1) is 11.8 Å². The summed E-state index contributed by atoms with van der Waals surface area (Å²) in [5.74, 6) is 0.174. The van der Waals surface area contributed by atoms with Crippen LogP contribution in [0, 0.1) is 0 Å². The number of hydrogen-bond donors (Lipinski definition) is 2. The van der Waals surface area contributed by atoms with E-state index in [0.29, 0.717) is 17.7 Å². The molecular formula is C26H25NO4S. The lowest BCUT2D eigenvalue weighted by Gasteiger charge is -2.11. The lowest BCUT2D eigenvalue weighted by atomic mass is 10.0. The second-order valence-corrected chi connectivity index (χ2v) is 7.90. The van der Waals surface area contributed by atoms with E-state index in [4.69, 9.17) is 9.84 Å². The number of ether oxygens (including phenoxy) is 1. The van der Waals surface area contributed by atoms with Crippen molar-refractivity contribution < 1.29 is 19.4 Å². The summed E-state index contributed by atoms with van der Waals surface area (Å²) in [6.07, 6.45) is 3.89. The normalized spacial score (nSPS) is 11.2. The fourth-order valence-electron chi connectivity index (χ4n) is 3.09. The first kappa shape index (κ1) is 23.3. The predicted octanol–water partition coefficient (Wildman–Crippen LogP) is 4.45. The summed E-state index contributed by atoms with van der Waals surface area (Å²) < 4.78 is 5.23. The number of aliphatic hydroxyl groups is 1. The maximum absolute atomic E-state index is 13.1. The minimum Gasteiger partial charge on any atom is -0.497 e. The number of benzene rings is 3. The van der Waals surface area contributed by atoms with E-state index in [2.05, 4.69) is 5.32 Å². The van der Waals surface area contributed by atoms with Crippen molar-refractivity contribution >= 4 is 35.1 Å². The fraction of sp³-hybridized carbons (Fsp3) is 0.154. The Balaban J connectivity index is 1.82. The van der Waals surface area contributed by atoms with Crippen LogP contribution in [0.15, 0.2) is 77.7 Å². The second-order valence-electron chi connectivity index (χ2n) is 7.02. The van der Waals surface area contributed by atoms with Gasteiger partial charge in [0, 0.05) is 22.6 Å². The molecule has 6 heteroatoms. The molecule has 32 heavy (non-hydrogen) atoms. The summed E-state index contributed by atoms with van der Waals surface area (Å²) >= 11 is 1.66. The Morgan fingerprint density at radius 1 is 0.938 bits per heavy atom. The number of aliphatic hydroxyl groups excluding tert-OH is 1. The summed E-state index contributed by atoms with van der Waals surface area (Å²) in [4.78, 5) is 25.8. The third-order valence-corrected chi connectivity index (χ3v) is 5.69. The molecule has 0 radical (unpaired) electrons. The molecule has 0 aliphatic rings. The highest BCUT2D eigenvalue weighted by atomic mass is 32.2. The van der Waals surface area contributed by atoms with E-state index >= 15 is 0 Å². The number of ketones is 1. The van der Waals surface area contributed by atoms with Gasteiger partial charge in [-0.05, 0) is 53.3 Å². The summed E-state index contributed by atoms with van der Waals surface area (Å²) in [7, 11) is 1.60. The van der Waals surface area contributed by atoms with Gasteiger partial charge in [-0.25, -0.2) is 0 Å². The van der Waals surface area contributed by atoms with Gasteiger partial charge in [0.2, 0.25) is 0 Å². The van der Waals surface area contributed by atoms with E-state index in [9.17, 15) is 9.59 Å². The average Bonchev–Trinajstić information content (AvgIpc) is 2.86. The Bertz CT molecular complexity index is 1090. The van der Waals surface area contributed by atoms with E-state index in [-0.39, 0.29) is 11.7 Å². The van der Waals surface area contributed by atoms with Gasteiger partial charge in [0.25, 0.3) is 5.91 Å². The van der Waals surface area contributed by atoms with Gasteiger partial charge < -0.3 is 15.2 Å². The molecule has 3 aromatic rings. The molecule has 0 unspecified atom stereocenters. The molecule has 0 aliphatic carbocycles. The highest BCUT2D eigenvalue weighted by molar-refractivity contribution is 7.98. The number of carbonyl (C=O) groups excluding carboxylic acids is 2. The number of Topliss-reactive ketones (excluding diaryl/α,β-unsaturated/α-hetero) is 1. The van der Waals surface area contributed by atoms with Crippen molar-refractivity contribution in [3.8, 4) is 5.75 Å². The number of rotatable bonds is 9. The Kier molecular flexibility index (Phi) is 8.25. The zero-order chi connectivity index (χ0) is 22.9. The number of methoxy groups -OCH3 is 1. The van der Waals surface area contributed by atoms with E-state index in [0.717, 1.165) is 27.3 Å². The van der Waals surface area contributed by atoms with Gasteiger partial charge in [0.15, 0.2) is 5.78 Å². The smallest absolute Gasteiger partial charge is 0.252 e. The number of hydrogen-bond acceptors (Lipinski definition) is 5. The minimum absolute atomic E-state index is 0.209. The summed E-state index contributed by atoms with van der Waals surface area (Å²) in [6, 6.07) is 22.2. The number of carbonyl (C=O) groups is 2. The van der Waals surface area contributed by atoms with E-state index in [1.54, 1.807) is 43.1 Å². The molecule has 0 bridgehead atoms. The molecule has 5 nitrogen and oxygen atoms in total. The molecule has 0 heterocycles. The van der Waals surface area contributed by atoms with Crippen molar-refractivity contribution in [3.05, 3.63) is 95.1 Å². The fourth-order valence-corrected chi connectivity index (χ4v) is 3.50. The molecular weight excluding hydrogens is 422 g/mol. The molecule has 3 aromatic carbocycles. The number of amides is 1. The molecule has 0 atom stereocenters. The lowest BCUT2D eigenvalue weighted by molar-refractivity contribution is -0.115. The van der Waals surface area contributed by atoms with Crippen molar-refractivity contribution in [2.24, 2.45) is 0 Å². The van der Waals surface area contributed by atoms with E-state index < -0.39 is 6.61 Å². The molecule has 0 saturated carbocycles. The predicted molar refractivity (Wildman–Crippen MR) is 129 cm³/mol. The van der Waals surface area contributed by atoms with E-state index in [1.807, 2.05) is 60.9 Å². The molecule has 0 aliphatic heterocycles. The molecule has 3 rings (SSSR count). The molecule has 1 amide bonds. The first-order valence-electron chi connectivity index (χ1n) is 10.1. The topological polar surface area (TPSA) is 75.6 Å². The van der Waals surface area contributed by atoms with Gasteiger partial charge in [0.05, 0.1) is 7.11 Å². The standard InChI is InChI=1S/C26H25NO4S/c1-31-22-11-9-20(10-12-22)24(15-18-5-13-23(32-2)14-6-18)26(30)27-16-19-3-7-21(8-4-19)25(29)17-28/h3-15,28H,16-17H2,1-2H3,(H,27,30)/b24-15+. The van der Waals surface area contributed by atoms with Crippen LogP contribution >= 0.6 is 11.8 Å². The zero-order valence-corrected chi connectivity index (χ0v) is 18.8. The molecule has 0 saturated heterocycles. The first-order chi connectivity index (χ1) is 15.5. The maximum atomic E-state index is 13.1. The van der Waals surface area contributed by atoms with Crippen LogP contribution in [-0.4, -0.2) is 36.8 Å². The summed E-state index contributed by atoms with van der Waals surface area (Å²) in [5.41, 5.74) is 3.54. The van der Waals surface area contributed by atoms with Crippen molar-refractivity contribution in [2.75, 3.05) is 20.0 Å². The Labute approximate surface area is 192 Å². The second kappa shape index (κ2) is 11.3. The first-order valence-corrected chi connectivity index (χ1v) is 11.3. The quantitative estimate of drug-likeness (QED) is 0.219. The van der Waals surface area contributed by atoms with Crippen LogP contribution in [-0.2, 0) is 11.3 Å². The van der Waals surface area contributed by atoms with Crippen molar-refractivity contribution in [2.45, 2.75) is 11.4 Å². The largest absolute Gasteiger partial charge is 0.497 e. The van der Waals surface area contributed by atoms with Crippen molar-refractivity contribution in [3.63, 3.8) is 0 Å². The minimum atomic E-state index is -0.524. The van der Waals surface area contributed by atoms with Crippen molar-refractivity contribution in [1.29, 1.82) is 0 Å². The lowest BCUT2D eigenvalue weighted by Crippen LogP contribution is -2.24. The molecule has 0 spiro atoms. The van der Waals surface area contributed by atoms with Gasteiger partial charge in [-0.2, -0.15) is 0 Å². The van der Waals surface area contributed by atoms with E-state index in [1.165, 1.54) is 0 Å². The Hall–Kier alpha value is -3.35. The Morgan fingerprint density at radius 2 is 1.56 bits per heavy atom. The summed E-state index contributed by atoms with van der Waals surface area (Å²) in [6.45, 7) is -0.213. The SMILES string of the molecule is COc1ccc(/C(=C\c2ccc(SC)cc2)C(=O)NCc2ccc(C(=O)CO)cc2)cc1. The van der Waals surface area contributed by atoms with Gasteiger partial charge in [-0.1, -0.05) is 48.5 Å². The van der Waals surface area contributed by atoms with Gasteiger partial charge in [-0.3, -0.25) is 9.59 Å². The van der Waals surface area contributed by atoms with Crippen LogP contribution in [0.25, 0.3) is 11.6 Å². The Morgan fingerprint density at radius 3 is 2.12 bits per heavy atom. The van der Waals surface area contributed by atoms with Gasteiger partial charge in [0.1, 0.15) is 12.4 Å². The highest BCUT2D eigenvalue weighted by Gasteiger charge is 2.13. The molecule has 2 N–H and O–H groups in total. The van der Waals surface area contributed by atoms with Crippen molar-refractivity contribution in [1.82, 2.24) is 5.32 Å². The zero-order valence-electron chi connectivity index (χ0n) is 18.0. The van der Waals surface area contributed by atoms with Crippen LogP contribution in [0.2, 0.25) is 0 Å². The van der Waals surface area contributed by atoms with Gasteiger partial charge >= 0.3 is 0 Å². The maximum Gasteiger partial charge on any atom is 0.252 e. The monoisotopic (exact) mass is 447 g/mol. The summed E-state index contributed by atoms with van der Waals surface area (Å²) in [5, 5.41) is 11.9. The average molecular weight is 448 g/mol. The highest BCUT2D eigenvalue weighted by Crippen LogP contribution is 2.23. The van der Waals surface area contributed by atoms with Crippen LogP contribution in [0.3, 0.4) is 0 Å². The van der Waals surface area contributed by atoms with Crippen LogP contribution in [0.1, 0.15) is 27.0 Å². The molecule has 0 aromatic heterocycles. The van der Waals surface area contributed by atoms with Crippen LogP contribution < -0.4 is 10.1 Å². The third kappa shape index (κ3) is 6.09. The van der Waals surface area contributed by atoms with Crippen LogP contribution in [0.4, 0.5) is 0 Å². The third-order valence-electron chi connectivity index (χ3n) is 4.95. The molecule has 0 fully saturated rings. The number of thioether (sulfide) groups is 1. The molecule has 164 valence electrons.